The first-order chi connectivity index (χ1) is 15.1. The quantitative estimate of drug-likeness (QED) is 0.242. The molecule has 0 aromatic heterocycles. The summed E-state index contributed by atoms with van der Waals surface area (Å²) in [6.07, 6.45) is 0.301. The molecule has 1 unspecified atom stereocenters. The second-order valence-electron chi connectivity index (χ2n) is 8.21. The Labute approximate surface area is 191 Å². The summed E-state index contributed by atoms with van der Waals surface area (Å²) in [5, 5.41) is 2.69. The van der Waals surface area contributed by atoms with Gasteiger partial charge in [0, 0.05) is 13.1 Å². The highest BCUT2D eigenvalue weighted by molar-refractivity contribution is 7.53. The summed E-state index contributed by atoms with van der Waals surface area (Å²) in [7, 11) is -3.53. The Morgan fingerprint density at radius 3 is 2.31 bits per heavy atom. The van der Waals surface area contributed by atoms with E-state index >= 15 is 0 Å². The van der Waals surface area contributed by atoms with Crippen molar-refractivity contribution >= 4 is 19.7 Å². The molecule has 0 aliphatic carbocycles. The summed E-state index contributed by atoms with van der Waals surface area (Å²) in [5.41, 5.74) is 0.214. The highest BCUT2D eigenvalue weighted by Crippen LogP contribution is 2.48. The van der Waals surface area contributed by atoms with E-state index in [0.29, 0.717) is 19.6 Å². The van der Waals surface area contributed by atoms with Crippen LogP contribution in [0.1, 0.15) is 46.6 Å². The molecule has 9 nitrogen and oxygen atoms in total. The average molecular weight is 473 g/mol. The Morgan fingerprint density at radius 2 is 1.72 bits per heavy atom. The minimum Gasteiger partial charge on any atom is -0.445 e. The van der Waals surface area contributed by atoms with Crippen LogP contribution < -0.4 is 5.32 Å². The normalized spacial score (nSPS) is 13.4. The second kappa shape index (κ2) is 14.3. The Kier molecular flexibility index (Phi) is 12.5. The van der Waals surface area contributed by atoms with Crippen molar-refractivity contribution in [2.24, 2.45) is 5.41 Å². The fourth-order valence-corrected chi connectivity index (χ4v) is 4.21. The van der Waals surface area contributed by atoms with E-state index in [1.165, 1.54) is 0 Å². The molecule has 0 saturated carbocycles. The van der Waals surface area contributed by atoms with E-state index < -0.39 is 31.9 Å². The largest absolute Gasteiger partial charge is 0.445 e. The first-order valence-electron chi connectivity index (χ1n) is 10.8. The van der Waals surface area contributed by atoms with Crippen LogP contribution >= 0.6 is 7.60 Å². The van der Waals surface area contributed by atoms with E-state index in [4.69, 9.17) is 18.5 Å². The first kappa shape index (κ1) is 28.1. The molecule has 1 atom stereocenters. The summed E-state index contributed by atoms with van der Waals surface area (Å²) in [5.74, 6) is -0.454. The lowest BCUT2D eigenvalue weighted by atomic mass is 9.98. The number of benzene rings is 1. The first-order valence-corrected chi connectivity index (χ1v) is 12.5. The zero-order chi connectivity index (χ0) is 24.0. The lowest BCUT2D eigenvalue weighted by Crippen LogP contribution is -2.36. The smallest absolute Gasteiger partial charge is 0.407 e. The maximum Gasteiger partial charge on any atom is 0.407 e. The number of amides is 1. The van der Waals surface area contributed by atoms with E-state index in [1.54, 1.807) is 27.7 Å². The van der Waals surface area contributed by atoms with E-state index in [0.717, 1.165) is 12.0 Å². The molecule has 1 aromatic rings. The minimum absolute atomic E-state index is 0.0164. The van der Waals surface area contributed by atoms with Gasteiger partial charge in [-0.2, -0.15) is 0 Å². The van der Waals surface area contributed by atoms with Gasteiger partial charge in [0.25, 0.3) is 0 Å². The van der Waals surface area contributed by atoms with E-state index in [1.807, 2.05) is 42.2 Å². The fraction of sp³-hybridized carbons (Fsp3) is 0.636. The van der Waals surface area contributed by atoms with Crippen LogP contribution in [-0.4, -0.2) is 56.3 Å². The summed E-state index contributed by atoms with van der Waals surface area (Å²) >= 11 is 0. The Bertz CT molecular complexity index is 738. The monoisotopic (exact) mass is 472 g/mol. The summed E-state index contributed by atoms with van der Waals surface area (Å²) in [6, 6.07) is 9.40. The predicted molar refractivity (Wildman–Crippen MR) is 122 cm³/mol. The molecule has 0 radical (unpaired) electrons. The van der Waals surface area contributed by atoms with Crippen LogP contribution in [0, 0.1) is 5.41 Å². The van der Waals surface area contributed by atoms with Crippen LogP contribution in [0.25, 0.3) is 0 Å². The number of ether oxygens (including phenoxy) is 2. The maximum atomic E-state index is 13.1. The molecule has 1 amide bonds. The van der Waals surface area contributed by atoms with Gasteiger partial charge < -0.3 is 19.3 Å². The van der Waals surface area contributed by atoms with Gasteiger partial charge >= 0.3 is 19.7 Å². The highest BCUT2D eigenvalue weighted by atomic mass is 31.2. The molecule has 0 aliphatic rings. The van der Waals surface area contributed by atoms with Crippen molar-refractivity contribution in [1.82, 2.24) is 10.2 Å². The Morgan fingerprint density at radius 1 is 1.03 bits per heavy atom. The molecule has 0 bridgehead atoms. The third-order valence-corrected chi connectivity index (χ3v) is 6.10. The molecule has 10 heteroatoms. The molecular formula is C22H37N2O7P. The topological polar surface area (TPSA) is 103 Å². The lowest BCUT2D eigenvalue weighted by Gasteiger charge is -2.27. The van der Waals surface area contributed by atoms with Crippen LogP contribution in [0.3, 0.4) is 0 Å². The van der Waals surface area contributed by atoms with Crippen molar-refractivity contribution in [2.75, 3.05) is 39.3 Å². The van der Waals surface area contributed by atoms with Crippen molar-refractivity contribution in [3.8, 4) is 0 Å². The van der Waals surface area contributed by atoms with E-state index in [9.17, 15) is 14.2 Å². The molecule has 0 heterocycles. The van der Waals surface area contributed by atoms with Crippen molar-refractivity contribution in [1.29, 1.82) is 0 Å². The van der Waals surface area contributed by atoms with Crippen molar-refractivity contribution < 1.29 is 32.7 Å². The van der Waals surface area contributed by atoms with E-state index in [-0.39, 0.29) is 19.5 Å². The van der Waals surface area contributed by atoms with Crippen LogP contribution in [-0.2, 0) is 34.5 Å². The third-order valence-electron chi connectivity index (χ3n) is 4.20. The van der Waals surface area contributed by atoms with Gasteiger partial charge in [-0.1, -0.05) is 37.3 Å². The van der Waals surface area contributed by atoms with Gasteiger partial charge in [0.1, 0.15) is 12.9 Å². The van der Waals surface area contributed by atoms with Gasteiger partial charge in [-0.25, -0.2) is 4.79 Å². The van der Waals surface area contributed by atoms with E-state index in [2.05, 4.69) is 5.32 Å². The number of hydrogen-bond acceptors (Lipinski definition) is 8. The van der Waals surface area contributed by atoms with Crippen LogP contribution in [0.5, 0.6) is 0 Å². The van der Waals surface area contributed by atoms with Crippen molar-refractivity contribution in [3.63, 3.8) is 0 Å². The van der Waals surface area contributed by atoms with Crippen LogP contribution in [0.2, 0.25) is 0 Å². The van der Waals surface area contributed by atoms with Crippen LogP contribution in [0.15, 0.2) is 30.3 Å². The molecule has 0 aliphatic heterocycles. The molecule has 0 saturated heterocycles. The lowest BCUT2D eigenvalue weighted by molar-refractivity contribution is -0.160. The average Bonchev–Trinajstić information content (AvgIpc) is 2.72. The van der Waals surface area contributed by atoms with Gasteiger partial charge in [0.15, 0.2) is 0 Å². The van der Waals surface area contributed by atoms with Crippen molar-refractivity contribution in [3.05, 3.63) is 35.9 Å². The molecule has 1 N–H and O–H groups in total. The SMILES string of the molecule is CCCN(CCNC(=O)OCc1ccccc1)CP(=O)(OCC)OCOC(=O)C(C)(C)C. The summed E-state index contributed by atoms with van der Waals surface area (Å²) in [6.45, 7) is 10.2. The van der Waals surface area contributed by atoms with Gasteiger partial charge in [0.2, 0.25) is 6.79 Å². The highest BCUT2D eigenvalue weighted by Gasteiger charge is 2.29. The van der Waals surface area contributed by atoms with Gasteiger partial charge in [0.05, 0.1) is 12.0 Å². The number of alkyl carbamates (subject to hydrolysis) is 1. The minimum atomic E-state index is -3.53. The van der Waals surface area contributed by atoms with Crippen LogP contribution in [0.4, 0.5) is 4.79 Å². The number of rotatable bonds is 14. The number of carbonyl (C=O) groups is 2. The molecule has 0 fully saturated rings. The summed E-state index contributed by atoms with van der Waals surface area (Å²) in [4.78, 5) is 25.7. The molecule has 0 spiro atoms. The predicted octanol–water partition coefficient (Wildman–Crippen LogP) is 4.38. The Hall–Kier alpha value is -1.93. The fourth-order valence-electron chi connectivity index (χ4n) is 2.60. The third kappa shape index (κ3) is 11.6. The molecule has 32 heavy (non-hydrogen) atoms. The molecule has 1 aromatic carbocycles. The zero-order valence-corrected chi connectivity index (χ0v) is 20.7. The van der Waals surface area contributed by atoms with Gasteiger partial charge in [-0.15, -0.1) is 0 Å². The number of hydrogen-bond donors (Lipinski definition) is 1. The standard InChI is InChI=1S/C22H37N2O7P/c1-6-14-24(15-13-23-21(26)28-16-19-11-9-8-10-12-19)17-32(27,30-7-2)31-18-29-20(25)22(3,4)5/h8-12H,6-7,13-18H2,1-5H3,(H,23,26). The zero-order valence-electron chi connectivity index (χ0n) is 19.8. The molecular weight excluding hydrogens is 435 g/mol. The molecule has 182 valence electrons. The maximum absolute atomic E-state index is 13.1. The summed E-state index contributed by atoms with van der Waals surface area (Å²) < 4.78 is 34.1. The Balaban J connectivity index is 2.51. The van der Waals surface area contributed by atoms with Crippen molar-refractivity contribution in [2.45, 2.75) is 47.6 Å². The number of carbonyl (C=O) groups excluding carboxylic acids is 2. The second-order valence-corrected chi connectivity index (χ2v) is 10.2. The number of nitrogens with zero attached hydrogens (tertiary/aromatic N) is 1. The van der Waals surface area contributed by atoms with Gasteiger partial charge in [-0.3, -0.25) is 18.8 Å². The number of esters is 1. The number of nitrogens with one attached hydrogen (secondary N) is 1. The van der Waals surface area contributed by atoms with Gasteiger partial charge in [-0.05, 0) is 46.2 Å². The molecule has 1 rings (SSSR count).